The minimum Gasteiger partial charge on any atom is -0.405 e. The van der Waals surface area contributed by atoms with Crippen LogP contribution in [-0.4, -0.2) is 52.2 Å². The van der Waals surface area contributed by atoms with E-state index in [0.29, 0.717) is 18.4 Å². The number of aliphatic hydroxyl groups excluding tert-OH is 1. The van der Waals surface area contributed by atoms with Gasteiger partial charge in [0.25, 0.3) is 0 Å². The van der Waals surface area contributed by atoms with Crippen molar-refractivity contribution in [1.29, 1.82) is 0 Å². The number of alkyl halides is 3. The second-order valence-corrected chi connectivity index (χ2v) is 9.75. The molecule has 0 radical (unpaired) electrons. The summed E-state index contributed by atoms with van der Waals surface area (Å²) in [6.45, 7) is 5.64. The first-order chi connectivity index (χ1) is 17.7. The summed E-state index contributed by atoms with van der Waals surface area (Å²) in [5.41, 5.74) is -1.66. The predicted octanol–water partition coefficient (Wildman–Crippen LogP) is 4.30. The number of carbonyl (C=O) groups is 1. The number of fused-ring (bicyclic) bond motifs is 1. The van der Waals surface area contributed by atoms with Crippen molar-refractivity contribution in [3.05, 3.63) is 58.4 Å². The molecule has 0 spiro atoms. The number of anilines is 1. The molecule has 1 aliphatic heterocycles. The maximum Gasteiger partial charge on any atom is 0.413 e. The van der Waals surface area contributed by atoms with Crippen LogP contribution in [0.5, 0.6) is 5.75 Å². The van der Waals surface area contributed by atoms with E-state index in [2.05, 4.69) is 4.98 Å². The number of aromatic nitrogens is 2. The Morgan fingerprint density at radius 3 is 2.55 bits per heavy atom. The van der Waals surface area contributed by atoms with Gasteiger partial charge in [-0.1, -0.05) is 20.8 Å². The van der Waals surface area contributed by atoms with E-state index in [9.17, 15) is 36.6 Å². The lowest BCUT2D eigenvalue weighted by Crippen LogP contribution is -2.46. The summed E-state index contributed by atoms with van der Waals surface area (Å²) >= 11 is 0. The van der Waals surface area contributed by atoms with E-state index in [0.717, 1.165) is 22.9 Å². The van der Waals surface area contributed by atoms with E-state index in [1.807, 2.05) is 13.8 Å². The van der Waals surface area contributed by atoms with Gasteiger partial charge in [-0.05, 0) is 30.7 Å². The number of halogens is 5. The van der Waals surface area contributed by atoms with Gasteiger partial charge in [0.15, 0.2) is 11.4 Å². The van der Waals surface area contributed by atoms with Crippen molar-refractivity contribution in [3.63, 3.8) is 0 Å². The predicted molar refractivity (Wildman–Crippen MR) is 129 cm³/mol. The van der Waals surface area contributed by atoms with Crippen LogP contribution >= 0.6 is 0 Å². The van der Waals surface area contributed by atoms with Gasteiger partial charge in [0.2, 0.25) is 5.43 Å². The minimum absolute atomic E-state index is 0.0771. The van der Waals surface area contributed by atoms with Crippen LogP contribution in [0, 0.1) is 17.0 Å². The van der Waals surface area contributed by atoms with Crippen molar-refractivity contribution in [2.24, 2.45) is 5.41 Å². The van der Waals surface area contributed by atoms with Gasteiger partial charge in [-0.25, -0.2) is 18.6 Å². The van der Waals surface area contributed by atoms with Crippen molar-refractivity contribution in [1.82, 2.24) is 14.9 Å². The highest BCUT2D eigenvalue weighted by Gasteiger charge is 2.40. The molecule has 1 fully saturated rings. The third-order valence-electron chi connectivity index (χ3n) is 6.49. The molecule has 3 aromatic rings. The highest BCUT2D eigenvalue weighted by Crippen LogP contribution is 2.33. The maximum absolute atomic E-state index is 14.8. The largest absolute Gasteiger partial charge is 0.413 e. The first-order valence-electron chi connectivity index (χ1n) is 11.7. The van der Waals surface area contributed by atoms with Gasteiger partial charge in [0, 0.05) is 24.6 Å². The van der Waals surface area contributed by atoms with Gasteiger partial charge in [-0.3, -0.25) is 9.36 Å². The molecule has 2 N–H and O–H groups in total. The number of aliphatic hydroxyl groups is 1. The Balaban J connectivity index is 1.82. The fourth-order valence-electron chi connectivity index (χ4n) is 4.26. The topological polar surface area (TPSA) is 96.7 Å². The van der Waals surface area contributed by atoms with Crippen LogP contribution in [-0.2, 0) is 0 Å². The van der Waals surface area contributed by atoms with Crippen molar-refractivity contribution < 1.29 is 36.6 Å². The molecule has 4 rings (SSSR count). The number of pyridine rings is 2. The molecule has 3 heterocycles. The van der Waals surface area contributed by atoms with Gasteiger partial charge in [-0.2, -0.15) is 13.2 Å². The summed E-state index contributed by atoms with van der Waals surface area (Å²) in [5, 5.41) is 11.9. The smallest absolute Gasteiger partial charge is 0.405 e. The molecule has 1 unspecified atom stereocenters. The van der Waals surface area contributed by atoms with Gasteiger partial charge in [0.1, 0.15) is 23.5 Å². The molecule has 2 aromatic heterocycles. The maximum atomic E-state index is 14.8. The van der Waals surface area contributed by atoms with E-state index in [1.165, 1.54) is 19.1 Å². The van der Waals surface area contributed by atoms with Crippen LogP contribution < -0.4 is 20.4 Å². The fraction of sp³-hybridized carbons (Fsp3) is 0.400. The highest BCUT2D eigenvalue weighted by atomic mass is 19.4. The second-order valence-electron chi connectivity index (χ2n) is 9.75. The molecule has 1 aliphatic rings. The number of carbonyl (C=O) groups excluding carboxylic acids is 1. The summed E-state index contributed by atoms with van der Waals surface area (Å²) in [7, 11) is 0. The third-order valence-corrected chi connectivity index (χ3v) is 6.49. The zero-order valence-electron chi connectivity index (χ0n) is 20.6. The van der Waals surface area contributed by atoms with Gasteiger partial charge >= 0.3 is 12.3 Å². The van der Waals surface area contributed by atoms with Crippen LogP contribution in [0.3, 0.4) is 0 Å². The Kier molecular flexibility index (Phi) is 7.08. The minimum atomic E-state index is -4.74. The number of β-amino-alcohol motifs (C(OH)–C–C–N with tert-alkyl or cyclic N) is 1. The Hall–Kier alpha value is -3.74. The summed E-state index contributed by atoms with van der Waals surface area (Å²) < 4.78 is 73.6. The number of nitrogens with one attached hydrogen (secondary N) is 1. The average molecular weight is 540 g/mol. The number of rotatable bonds is 5. The third kappa shape index (κ3) is 5.28. The Morgan fingerprint density at radius 1 is 1.26 bits per heavy atom. The zero-order chi connectivity index (χ0) is 28.0. The molecular formula is C25H25F5N4O4. The second kappa shape index (κ2) is 9.86. The Bertz CT molecular complexity index is 1440. The standard InChI is InChI=1S/C25H25F5N4O4/c1-4-18(25(28,29)30)31-23(37)38-17-10-34(16-7-5-13(26)9-15(16)27)22-14(21(17)36)6-8-20(32-22)33-11-19(35)24(2,3)12-33/h5-10,18-19,35H,4,11-12H2,1-3H3,(H,31,37)/t18-,19?/m1/s1. The summed E-state index contributed by atoms with van der Waals surface area (Å²) in [5.74, 6) is -2.23. The van der Waals surface area contributed by atoms with Gasteiger partial charge in [-0.15, -0.1) is 0 Å². The quantitative estimate of drug-likeness (QED) is 0.469. The van der Waals surface area contributed by atoms with E-state index < -0.39 is 59.1 Å². The number of nitrogens with zero attached hydrogens (tertiary/aromatic N) is 3. The van der Waals surface area contributed by atoms with Crippen molar-refractivity contribution >= 4 is 22.9 Å². The molecular weight excluding hydrogens is 515 g/mol. The van der Waals surface area contributed by atoms with Gasteiger partial charge < -0.3 is 20.1 Å². The first-order valence-corrected chi connectivity index (χ1v) is 11.7. The molecule has 8 nitrogen and oxygen atoms in total. The number of hydrogen-bond acceptors (Lipinski definition) is 6. The fourth-order valence-corrected chi connectivity index (χ4v) is 4.26. The van der Waals surface area contributed by atoms with Crippen molar-refractivity contribution in [2.45, 2.75) is 45.5 Å². The molecule has 2 atom stereocenters. The van der Waals surface area contributed by atoms with Crippen LogP contribution in [0.15, 0.2) is 41.3 Å². The molecule has 0 bridgehead atoms. The molecule has 13 heteroatoms. The molecule has 38 heavy (non-hydrogen) atoms. The summed E-state index contributed by atoms with van der Waals surface area (Å²) in [4.78, 5) is 31.6. The molecule has 0 saturated carbocycles. The van der Waals surface area contributed by atoms with Crippen LogP contribution in [0.4, 0.5) is 32.6 Å². The van der Waals surface area contributed by atoms with Crippen LogP contribution in [0.1, 0.15) is 27.2 Å². The molecule has 1 aromatic carbocycles. The van der Waals surface area contributed by atoms with E-state index in [4.69, 9.17) is 4.74 Å². The Labute approximate surface area is 213 Å². The molecule has 204 valence electrons. The number of benzene rings is 1. The highest BCUT2D eigenvalue weighted by molar-refractivity contribution is 5.81. The summed E-state index contributed by atoms with van der Waals surface area (Å²) in [6.07, 6.45) is -6.50. The zero-order valence-corrected chi connectivity index (χ0v) is 20.6. The number of hydrogen-bond donors (Lipinski definition) is 2. The van der Waals surface area contributed by atoms with E-state index >= 15 is 0 Å². The molecule has 0 aliphatic carbocycles. The lowest BCUT2D eigenvalue weighted by atomic mass is 9.90. The molecule has 1 saturated heterocycles. The van der Waals surface area contributed by atoms with Crippen LogP contribution in [0.25, 0.3) is 16.7 Å². The number of amides is 1. The van der Waals surface area contributed by atoms with Crippen LogP contribution in [0.2, 0.25) is 0 Å². The number of ether oxygens (including phenoxy) is 1. The summed E-state index contributed by atoms with van der Waals surface area (Å²) in [6, 6.07) is 3.27. The van der Waals surface area contributed by atoms with E-state index in [1.54, 1.807) is 10.2 Å². The lowest BCUT2D eigenvalue weighted by Gasteiger charge is -2.22. The molecule has 1 amide bonds. The first kappa shape index (κ1) is 27.3. The average Bonchev–Trinajstić information content (AvgIpc) is 3.10. The van der Waals surface area contributed by atoms with Crippen molar-refractivity contribution in [3.8, 4) is 11.4 Å². The lowest BCUT2D eigenvalue weighted by molar-refractivity contribution is -0.154. The van der Waals surface area contributed by atoms with Crippen molar-refractivity contribution in [2.75, 3.05) is 18.0 Å². The monoisotopic (exact) mass is 540 g/mol. The SMILES string of the molecule is CC[C@@H](NC(=O)Oc1cn(-c2ccc(F)cc2F)c2nc(N3CC(O)C(C)(C)C3)ccc2c1=O)C(F)(F)F. The Morgan fingerprint density at radius 2 is 1.97 bits per heavy atom. The van der Waals surface area contributed by atoms with E-state index in [-0.39, 0.29) is 23.3 Å². The normalized spacial score (nSPS) is 18.0. The van der Waals surface area contributed by atoms with Gasteiger partial charge in [0.05, 0.1) is 23.4 Å².